The third-order valence-corrected chi connectivity index (χ3v) is 5.69. The van der Waals surface area contributed by atoms with E-state index in [0.717, 1.165) is 22.1 Å². The number of benzene rings is 2. The second kappa shape index (κ2) is 5.90. The molecule has 0 bridgehead atoms. The molecule has 0 saturated heterocycles. The second-order valence-electron chi connectivity index (χ2n) is 6.17. The zero-order chi connectivity index (χ0) is 16.8. The van der Waals surface area contributed by atoms with Crippen molar-refractivity contribution in [2.75, 3.05) is 5.32 Å². The van der Waals surface area contributed by atoms with Crippen molar-refractivity contribution >= 4 is 38.9 Å². The average molecular weight is 406 g/mol. The predicted octanol–water partition coefficient (Wildman–Crippen LogP) is 5.84. The van der Waals surface area contributed by atoms with Crippen LogP contribution in [0.3, 0.4) is 0 Å². The van der Waals surface area contributed by atoms with E-state index in [9.17, 15) is 10.1 Å². The highest BCUT2D eigenvalue weighted by Gasteiger charge is 2.39. The van der Waals surface area contributed by atoms with Gasteiger partial charge in [-0.25, -0.2) is 0 Å². The molecule has 2 aromatic rings. The lowest BCUT2D eigenvalue weighted by Crippen LogP contribution is -2.29. The lowest BCUT2D eigenvalue weighted by atomic mass is 9.77. The van der Waals surface area contributed by atoms with Crippen molar-refractivity contribution in [1.29, 1.82) is 0 Å². The molecular formula is C18H14BrClN2O2. The van der Waals surface area contributed by atoms with Gasteiger partial charge in [0.2, 0.25) is 0 Å². The molecule has 1 heterocycles. The molecule has 0 saturated carbocycles. The summed E-state index contributed by atoms with van der Waals surface area (Å²) in [5.41, 5.74) is 3.16. The first kappa shape index (κ1) is 15.7. The number of halogens is 2. The minimum absolute atomic E-state index is 0.0499. The van der Waals surface area contributed by atoms with Gasteiger partial charge in [-0.15, -0.1) is 0 Å². The Balaban J connectivity index is 1.81. The Morgan fingerprint density at radius 1 is 1.21 bits per heavy atom. The Morgan fingerprint density at radius 3 is 2.83 bits per heavy atom. The fourth-order valence-corrected chi connectivity index (χ4v) is 4.37. The number of nitro groups is 1. The molecule has 6 heteroatoms. The summed E-state index contributed by atoms with van der Waals surface area (Å²) >= 11 is 9.92. The fraction of sp³-hybridized carbons (Fsp3) is 0.222. The van der Waals surface area contributed by atoms with E-state index in [1.54, 1.807) is 12.1 Å². The molecule has 4 rings (SSSR count). The van der Waals surface area contributed by atoms with Crippen molar-refractivity contribution in [3.8, 4) is 0 Å². The van der Waals surface area contributed by atoms with Gasteiger partial charge in [0.1, 0.15) is 0 Å². The number of fused-ring (bicyclic) bond motifs is 3. The number of rotatable bonds is 2. The number of allylic oxidation sites excluding steroid dienone is 2. The zero-order valence-corrected chi connectivity index (χ0v) is 14.9. The van der Waals surface area contributed by atoms with Gasteiger partial charge in [0.25, 0.3) is 5.69 Å². The minimum atomic E-state index is -0.377. The molecule has 0 aromatic heterocycles. The quantitative estimate of drug-likeness (QED) is 0.388. The van der Waals surface area contributed by atoms with E-state index in [0.29, 0.717) is 16.9 Å². The lowest BCUT2D eigenvalue weighted by molar-refractivity contribution is -0.384. The van der Waals surface area contributed by atoms with Crippen molar-refractivity contribution in [3.05, 3.63) is 79.3 Å². The summed E-state index contributed by atoms with van der Waals surface area (Å²) in [4.78, 5) is 10.8. The number of nitrogens with zero attached hydrogens (tertiary/aromatic N) is 1. The molecule has 24 heavy (non-hydrogen) atoms. The standard InChI is InChI=1S/C18H14BrClN2O2/c19-10-4-7-17-14(8-10)12-2-1-3-13(12)18(21-17)15-9-11(22(23)24)5-6-16(15)20/h1-2,4-9,12-13,18,21H,3H2/t12-,13+,18-/m0/s1. The summed E-state index contributed by atoms with van der Waals surface area (Å²) in [6, 6.07) is 10.8. The first-order chi connectivity index (χ1) is 11.5. The summed E-state index contributed by atoms with van der Waals surface area (Å²) < 4.78 is 1.05. The van der Waals surface area contributed by atoms with Crippen LogP contribution in [0.1, 0.15) is 29.5 Å². The normalized spacial score (nSPS) is 24.2. The Labute approximate surface area is 152 Å². The van der Waals surface area contributed by atoms with Crippen molar-refractivity contribution in [2.24, 2.45) is 5.92 Å². The van der Waals surface area contributed by atoms with E-state index >= 15 is 0 Å². The molecule has 1 aliphatic carbocycles. The van der Waals surface area contributed by atoms with E-state index < -0.39 is 0 Å². The monoisotopic (exact) mass is 404 g/mol. The van der Waals surface area contributed by atoms with Crippen molar-refractivity contribution in [2.45, 2.75) is 18.4 Å². The smallest absolute Gasteiger partial charge is 0.269 e. The Morgan fingerprint density at radius 2 is 2.04 bits per heavy atom. The summed E-state index contributed by atoms with van der Waals surface area (Å²) in [6.45, 7) is 0. The maximum absolute atomic E-state index is 11.1. The van der Waals surface area contributed by atoms with Gasteiger partial charge in [0.05, 0.1) is 11.0 Å². The van der Waals surface area contributed by atoms with Crippen LogP contribution in [0, 0.1) is 16.0 Å². The van der Waals surface area contributed by atoms with E-state index in [1.165, 1.54) is 11.6 Å². The van der Waals surface area contributed by atoms with Crippen molar-refractivity contribution in [1.82, 2.24) is 0 Å². The molecule has 0 spiro atoms. The highest BCUT2D eigenvalue weighted by Crippen LogP contribution is 2.51. The minimum Gasteiger partial charge on any atom is -0.378 e. The predicted molar refractivity (Wildman–Crippen MR) is 98.6 cm³/mol. The number of nitrogens with one attached hydrogen (secondary N) is 1. The van der Waals surface area contributed by atoms with Gasteiger partial charge in [-0.05, 0) is 42.2 Å². The highest BCUT2D eigenvalue weighted by molar-refractivity contribution is 9.10. The average Bonchev–Trinajstić information content (AvgIpc) is 3.04. The maximum atomic E-state index is 11.1. The molecule has 2 aromatic carbocycles. The van der Waals surface area contributed by atoms with Gasteiger partial charge >= 0.3 is 0 Å². The van der Waals surface area contributed by atoms with Crippen molar-refractivity contribution < 1.29 is 4.92 Å². The first-order valence-corrected chi connectivity index (χ1v) is 8.88. The van der Waals surface area contributed by atoms with Crippen LogP contribution in [-0.4, -0.2) is 4.92 Å². The summed E-state index contributed by atoms with van der Waals surface area (Å²) in [7, 11) is 0. The van der Waals surface area contributed by atoms with Gasteiger partial charge in [-0.1, -0.05) is 39.7 Å². The second-order valence-corrected chi connectivity index (χ2v) is 7.49. The van der Waals surface area contributed by atoms with Gasteiger partial charge in [-0.3, -0.25) is 10.1 Å². The number of non-ortho nitro benzene ring substituents is 1. The molecule has 0 fully saturated rings. The number of nitro benzene ring substituents is 1. The van der Waals surface area contributed by atoms with Crippen LogP contribution in [0.15, 0.2) is 53.0 Å². The van der Waals surface area contributed by atoms with Crippen LogP contribution in [-0.2, 0) is 0 Å². The molecule has 2 aliphatic rings. The van der Waals surface area contributed by atoms with E-state index in [4.69, 9.17) is 11.6 Å². The zero-order valence-electron chi connectivity index (χ0n) is 12.6. The number of hydrogen-bond donors (Lipinski definition) is 1. The molecule has 0 amide bonds. The Hall–Kier alpha value is -1.85. The van der Waals surface area contributed by atoms with E-state index in [2.05, 4.69) is 39.5 Å². The van der Waals surface area contributed by atoms with Crippen LogP contribution in [0.4, 0.5) is 11.4 Å². The van der Waals surface area contributed by atoms with Crippen LogP contribution in [0.5, 0.6) is 0 Å². The molecule has 1 N–H and O–H groups in total. The van der Waals surface area contributed by atoms with Crippen LogP contribution in [0.25, 0.3) is 0 Å². The Bertz CT molecular complexity index is 868. The summed E-state index contributed by atoms with van der Waals surface area (Å²) in [5, 5.41) is 15.2. The number of anilines is 1. The van der Waals surface area contributed by atoms with Gasteiger partial charge in [0.15, 0.2) is 0 Å². The topological polar surface area (TPSA) is 55.2 Å². The lowest BCUT2D eigenvalue weighted by Gasteiger charge is -2.37. The van der Waals surface area contributed by atoms with E-state index in [-0.39, 0.29) is 16.7 Å². The highest BCUT2D eigenvalue weighted by atomic mass is 79.9. The van der Waals surface area contributed by atoms with Crippen LogP contribution in [0.2, 0.25) is 5.02 Å². The third kappa shape index (κ3) is 2.52. The van der Waals surface area contributed by atoms with Crippen LogP contribution >= 0.6 is 27.5 Å². The van der Waals surface area contributed by atoms with Gasteiger partial charge in [-0.2, -0.15) is 0 Å². The molecular weight excluding hydrogens is 392 g/mol. The van der Waals surface area contributed by atoms with E-state index in [1.807, 2.05) is 12.1 Å². The Kier molecular flexibility index (Phi) is 3.85. The molecule has 0 radical (unpaired) electrons. The maximum Gasteiger partial charge on any atom is 0.269 e. The third-order valence-electron chi connectivity index (χ3n) is 4.85. The van der Waals surface area contributed by atoms with Crippen LogP contribution < -0.4 is 5.32 Å². The summed E-state index contributed by atoms with van der Waals surface area (Å²) in [5.74, 6) is 0.588. The SMILES string of the molecule is O=[N+]([O-])c1ccc(Cl)c([C@H]2Nc3ccc(Br)cc3[C@H]3C=CC[C@H]32)c1. The molecule has 1 aliphatic heterocycles. The molecule has 4 nitrogen and oxygen atoms in total. The molecule has 122 valence electrons. The fourth-order valence-electron chi connectivity index (χ4n) is 3.76. The molecule has 3 atom stereocenters. The number of hydrogen-bond acceptors (Lipinski definition) is 3. The summed E-state index contributed by atoms with van der Waals surface area (Å²) in [6.07, 6.45) is 5.34. The largest absolute Gasteiger partial charge is 0.378 e. The molecule has 0 unspecified atom stereocenters. The first-order valence-electron chi connectivity index (χ1n) is 7.71. The van der Waals surface area contributed by atoms with Gasteiger partial charge < -0.3 is 5.32 Å². The van der Waals surface area contributed by atoms with Crippen molar-refractivity contribution in [3.63, 3.8) is 0 Å². The van der Waals surface area contributed by atoms with Gasteiger partial charge in [0, 0.05) is 38.8 Å².